The summed E-state index contributed by atoms with van der Waals surface area (Å²) in [6.45, 7) is 10.2. The molecule has 2 atom stereocenters. The van der Waals surface area contributed by atoms with Gasteiger partial charge in [0, 0.05) is 6.61 Å². The van der Waals surface area contributed by atoms with E-state index in [9.17, 15) is 0 Å². The quantitative estimate of drug-likeness (QED) is 0.588. The maximum absolute atomic E-state index is 5.52. The van der Waals surface area contributed by atoms with Crippen LogP contribution in [0.2, 0.25) is 0 Å². The topological polar surface area (TPSA) is 9.23 Å². The van der Waals surface area contributed by atoms with Gasteiger partial charge in [-0.25, -0.2) is 0 Å². The Balaban J connectivity index is 0.00000121. The first-order chi connectivity index (χ1) is 5.04. The maximum Gasteiger partial charge on any atom is 0.0552 e. The van der Waals surface area contributed by atoms with Crippen LogP contribution in [0.15, 0.2) is 0 Å². The van der Waals surface area contributed by atoms with E-state index < -0.39 is 0 Å². The average molecular weight is 172 g/mol. The minimum Gasteiger partial charge on any atom is -0.378 e. The molecule has 0 aromatic heterocycles. The maximum atomic E-state index is 5.52. The summed E-state index contributed by atoms with van der Waals surface area (Å²) in [5, 5.41) is 0. The van der Waals surface area contributed by atoms with Crippen molar-refractivity contribution in [2.24, 2.45) is 11.3 Å². The van der Waals surface area contributed by atoms with Gasteiger partial charge in [0.1, 0.15) is 0 Å². The molecular weight excluding hydrogens is 148 g/mol. The second-order valence-electron chi connectivity index (χ2n) is 4.44. The van der Waals surface area contributed by atoms with Crippen molar-refractivity contribution >= 4 is 0 Å². The summed E-state index contributed by atoms with van der Waals surface area (Å²) in [7, 11) is 0. The Morgan fingerprint density at radius 1 is 1.42 bits per heavy atom. The van der Waals surface area contributed by atoms with Crippen molar-refractivity contribution in [1.82, 2.24) is 0 Å². The zero-order valence-electron chi connectivity index (χ0n) is 8.18. The molecule has 0 aromatic carbocycles. The van der Waals surface area contributed by atoms with E-state index in [-0.39, 0.29) is 7.43 Å². The van der Waals surface area contributed by atoms with Crippen LogP contribution in [-0.4, -0.2) is 12.7 Å². The van der Waals surface area contributed by atoms with E-state index in [1.807, 2.05) is 0 Å². The predicted molar refractivity (Wildman–Crippen MR) is 54.3 cm³/mol. The van der Waals surface area contributed by atoms with Gasteiger partial charge in [-0.1, -0.05) is 28.2 Å². The Kier molecular flexibility index (Phi) is 4.25. The first kappa shape index (κ1) is 12.0. The van der Waals surface area contributed by atoms with Crippen molar-refractivity contribution in [2.45, 2.75) is 54.1 Å². The van der Waals surface area contributed by atoms with Crippen LogP contribution < -0.4 is 0 Å². The monoisotopic (exact) mass is 172 g/mol. The van der Waals surface area contributed by atoms with Crippen LogP contribution in [-0.2, 0) is 4.74 Å². The first-order valence-electron chi connectivity index (χ1n) is 4.66. The Labute approximate surface area is 77.5 Å². The van der Waals surface area contributed by atoms with Gasteiger partial charge in [-0.15, -0.1) is 0 Å². The summed E-state index contributed by atoms with van der Waals surface area (Å²) >= 11 is 0. The predicted octanol–water partition coefficient (Wildman–Crippen LogP) is 3.48. The lowest BCUT2D eigenvalue weighted by Gasteiger charge is -2.40. The molecule has 0 N–H and O–H groups in total. The highest BCUT2D eigenvalue weighted by molar-refractivity contribution is 4.82. The number of rotatable bonds is 1. The number of hydrogen-bond donors (Lipinski definition) is 0. The van der Waals surface area contributed by atoms with Crippen LogP contribution in [0.1, 0.15) is 48.0 Å². The molecule has 0 aliphatic carbocycles. The van der Waals surface area contributed by atoms with E-state index in [0.717, 1.165) is 12.5 Å². The van der Waals surface area contributed by atoms with E-state index in [4.69, 9.17) is 4.74 Å². The third-order valence-corrected chi connectivity index (χ3v) is 3.22. The Bertz CT molecular complexity index is 131. The molecule has 0 radical (unpaired) electrons. The average Bonchev–Trinajstić information content (AvgIpc) is 1.86. The lowest BCUT2D eigenvalue weighted by atomic mass is 9.71. The molecule has 0 amide bonds. The molecule has 1 heteroatoms. The van der Waals surface area contributed by atoms with Crippen molar-refractivity contribution < 1.29 is 4.74 Å². The molecule has 0 unspecified atom stereocenters. The van der Waals surface area contributed by atoms with Crippen molar-refractivity contribution in [1.29, 1.82) is 0 Å². The van der Waals surface area contributed by atoms with Gasteiger partial charge in [0.2, 0.25) is 0 Å². The van der Waals surface area contributed by atoms with Gasteiger partial charge in [-0.05, 0) is 31.1 Å². The zero-order chi connectivity index (χ0) is 8.48. The summed E-state index contributed by atoms with van der Waals surface area (Å²) in [4.78, 5) is 0. The molecule has 1 fully saturated rings. The van der Waals surface area contributed by atoms with Gasteiger partial charge in [-0.2, -0.15) is 0 Å². The summed E-state index contributed by atoms with van der Waals surface area (Å²) < 4.78 is 5.52. The molecule has 12 heavy (non-hydrogen) atoms. The molecule has 1 heterocycles. The van der Waals surface area contributed by atoms with Crippen LogP contribution in [0.25, 0.3) is 0 Å². The van der Waals surface area contributed by atoms with Crippen molar-refractivity contribution in [3.63, 3.8) is 0 Å². The van der Waals surface area contributed by atoms with E-state index in [0.29, 0.717) is 11.5 Å². The third-order valence-electron chi connectivity index (χ3n) is 3.22. The van der Waals surface area contributed by atoms with E-state index in [1.54, 1.807) is 0 Å². The molecule has 0 spiro atoms. The fourth-order valence-corrected chi connectivity index (χ4v) is 1.84. The highest BCUT2D eigenvalue weighted by Gasteiger charge is 2.33. The van der Waals surface area contributed by atoms with Gasteiger partial charge in [-0.3, -0.25) is 0 Å². The molecule has 74 valence electrons. The largest absolute Gasteiger partial charge is 0.378 e. The number of hydrogen-bond acceptors (Lipinski definition) is 1. The second-order valence-corrected chi connectivity index (χ2v) is 4.44. The molecular formula is C11H24O. The lowest BCUT2D eigenvalue weighted by molar-refractivity contribution is -0.0495. The normalized spacial score (nSPS) is 36.2. The van der Waals surface area contributed by atoms with Crippen LogP contribution in [0.3, 0.4) is 0 Å². The standard InChI is InChI=1S/C10H20O.CH4/c1-8(2)10(4)5-6-11-9(3)7-10;/h8-9H,5-7H2,1-4H3;1H4/t9-,10+;/m0./s1. The van der Waals surface area contributed by atoms with Crippen molar-refractivity contribution in [3.05, 3.63) is 0 Å². The third kappa shape index (κ3) is 2.48. The zero-order valence-corrected chi connectivity index (χ0v) is 8.18. The molecule has 1 aliphatic rings. The van der Waals surface area contributed by atoms with E-state index >= 15 is 0 Å². The Hall–Kier alpha value is -0.0400. The van der Waals surface area contributed by atoms with Crippen LogP contribution in [0, 0.1) is 11.3 Å². The highest BCUT2D eigenvalue weighted by atomic mass is 16.5. The fraction of sp³-hybridized carbons (Fsp3) is 1.00. The number of ether oxygens (including phenoxy) is 1. The summed E-state index contributed by atoms with van der Waals surface area (Å²) in [5.41, 5.74) is 0.525. The minimum absolute atomic E-state index is 0. The molecule has 0 saturated carbocycles. The molecule has 1 rings (SSSR count). The SMILES string of the molecule is C.CC(C)[C@]1(C)CCO[C@@H](C)C1. The highest BCUT2D eigenvalue weighted by Crippen LogP contribution is 2.39. The van der Waals surface area contributed by atoms with Gasteiger partial charge in [0.05, 0.1) is 6.10 Å². The fourth-order valence-electron chi connectivity index (χ4n) is 1.84. The minimum atomic E-state index is 0. The van der Waals surface area contributed by atoms with E-state index in [2.05, 4.69) is 27.7 Å². The molecule has 0 bridgehead atoms. The van der Waals surface area contributed by atoms with E-state index in [1.165, 1.54) is 12.8 Å². The Morgan fingerprint density at radius 3 is 2.33 bits per heavy atom. The summed E-state index contributed by atoms with van der Waals surface area (Å²) in [5.74, 6) is 0.786. The van der Waals surface area contributed by atoms with Crippen LogP contribution in [0.5, 0.6) is 0 Å². The lowest BCUT2D eigenvalue weighted by Crippen LogP contribution is -2.35. The van der Waals surface area contributed by atoms with Crippen molar-refractivity contribution in [2.75, 3.05) is 6.61 Å². The molecule has 1 nitrogen and oxygen atoms in total. The van der Waals surface area contributed by atoms with Gasteiger partial charge < -0.3 is 4.74 Å². The van der Waals surface area contributed by atoms with Gasteiger partial charge in [0.25, 0.3) is 0 Å². The smallest absolute Gasteiger partial charge is 0.0552 e. The Morgan fingerprint density at radius 2 is 2.00 bits per heavy atom. The van der Waals surface area contributed by atoms with Gasteiger partial charge >= 0.3 is 0 Å². The molecule has 0 aromatic rings. The molecule has 1 saturated heterocycles. The first-order valence-corrected chi connectivity index (χ1v) is 4.66. The molecule has 1 aliphatic heterocycles. The second kappa shape index (κ2) is 4.27. The summed E-state index contributed by atoms with van der Waals surface area (Å²) in [6.07, 6.45) is 2.93. The van der Waals surface area contributed by atoms with Crippen LogP contribution >= 0.6 is 0 Å². The van der Waals surface area contributed by atoms with Gasteiger partial charge in [0.15, 0.2) is 0 Å². The summed E-state index contributed by atoms with van der Waals surface area (Å²) in [6, 6.07) is 0. The van der Waals surface area contributed by atoms with Crippen LogP contribution in [0.4, 0.5) is 0 Å². The van der Waals surface area contributed by atoms with Crippen molar-refractivity contribution in [3.8, 4) is 0 Å².